The van der Waals surface area contributed by atoms with Crippen LogP contribution in [0.5, 0.6) is 0 Å². The second kappa shape index (κ2) is 4.35. The molecule has 1 atom stereocenters. The summed E-state index contributed by atoms with van der Waals surface area (Å²) in [5.74, 6) is 3.90. The Hall–Kier alpha value is -0.800. The van der Waals surface area contributed by atoms with Gasteiger partial charge in [-0.15, -0.1) is 0 Å². The molecule has 1 heterocycles. The molecule has 4 saturated carbocycles. The van der Waals surface area contributed by atoms with E-state index in [-0.39, 0.29) is 6.04 Å². The lowest BCUT2D eigenvalue weighted by atomic mass is 9.53. The Kier molecular flexibility index (Phi) is 2.75. The van der Waals surface area contributed by atoms with Crippen LogP contribution in [0.4, 0.5) is 0 Å². The van der Waals surface area contributed by atoms with E-state index in [2.05, 4.69) is 5.32 Å². The van der Waals surface area contributed by atoms with E-state index in [1.165, 1.54) is 38.5 Å². The summed E-state index contributed by atoms with van der Waals surface area (Å²) in [4.78, 5) is 0. The van der Waals surface area contributed by atoms with Gasteiger partial charge in [-0.3, -0.25) is 0 Å². The molecule has 4 bridgehead atoms. The van der Waals surface area contributed by atoms with Crippen LogP contribution in [0.25, 0.3) is 0 Å². The summed E-state index contributed by atoms with van der Waals surface area (Å²) < 4.78 is 5.56. The van der Waals surface area contributed by atoms with Crippen LogP contribution in [0.3, 0.4) is 0 Å². The van der Waals surface area contributed by atoms with Gasteiger partial charge in [0.2, 0.25) is 0 Å². The van der Waals surface area contributed by atoms with E-state index in [1.807, 2.05) is 12.1 Å². The smallest absolute Gasteiger partial charge is 0.121 e. The third-order valence-electron chi connectivity index (χ3n) is 5.64. The van der Waals surface area contributed by atoms with Gasteiger partial charge in [-0.1, -0.05) is 0 Å². The van der Waals surface area contributed by atoms with Gasteiger partial charge in [0.15, 0.2) is 0 Å². The van der Waals surface area contributed by atoms with E-state index in [0.717, 1.165) is 23.5 Å². The lowest BCUT2D eigenvalue weighted by Crippen LogP contribution is -2.59. The van der Waals surface area contributed by atoms with Gasteiger partial charge in [0.05, 0.1) is 12.3 Å². The van der Waals surface area contributed by atoms with Crippen molar-refractivity contribution in [1.29, 1.82) is 0 Å². The molecule has 4 aliphatic rings. The molecular formula is C16H24N2O. The summed E-state index contributed by atoms with van der Waals surface area (Å²) in [5, 5.41) is 3.89. The number of hydrogen-bond acceptors (Lipinski definition) is 3. The zero-order chi connectivity index (χ0) is 12.9. The molecule has 3 N–H and O–H groups in total. The SMILES string of the molecule is NCC(NC12CC3CC(CC(C3)C1)C2)c1ccco1. The minimum atomic E-state index is 0.186. The van der Waals surface area contributed by atoms with Gasteiger partial charge in [0, 0.05) is 12.1 Å². The molecule has 1 unspecified atom stereocenters. The molecule has 0 aliphatic heterocycles. The molecule has 1 aromatic heterocycles. The van der Waals surface area contributed by atoms with Gasteiger partial charge in [0.25, 0.3) is 0 Å². The fourth-order valence-electron chi connectivity index (χ4n) is 5.39. The third kappa shape index (κ3) is 2.03. The zero-order valence-electron chi connectivity index (χ0n) is 11.5. The molecule has 0 amide bonds. The minimum Gasteiger partial charge on any atom is -0.468 e. The summed E-state index contributed by atoms with van der Waals surface area (Å²) in [5.41, 5.74) is 6.32. The Morgan fingerprint density at radius 1 is 1.21 bits per heavy atom. The second-order valence-corrected chi connectivity index (χ2v) is 7.15. The van der Waals surface area contributed by atoms with E-state index in [0.29, 0.717) is 12.1 Å². The molecule has 3 heteroatoms. The summed E-state index contributed by atoms with van der Waals surface area (Å²) in [6.07, 6.45) is 10.3. The first-order valence-electron chi connectivity index (χ1n) is 7.77. The minimum absolute atomic E-state index is 0.186. The average molecular weight is 260 g/mol. The van der Waals surface area contributed by atoms with Gasteiger partial charge < -0.3 is 15.5 Å². The molecule has 5 rings (SSSR count). The van der Waals surface area contributed by atoms with Crippen molar-refractivity contribution in [3.63, 3.8) is 0 Å². The van der Waals surface area contributed by atoms with Crippen molar-refractivity contribution in [2.75, 3.05) is 6.54 Å². The van der Waals surface area contributed by atoms with Crippen molar-refractivity contribution in [2.45, 2.75) is 50.1 Å². The zero-order valence-corrected chi connectivity index (χ0v) is 11.5. The van der Waals surface area contributed by atoms with E-state index >= 15 is 0 Å². The summed E-state index contributed by atoms with van der Waals surface area (Å²) in [6.45, 7) is 0.620. The van der Waals surface area contributed by atoms with Crippen LogP contribution in [0.15, 0.2) is 22.8 Å². The van der Waals surface area contributed by atoms with Crippen LogP contribution in [0, 0.1) is 17.8 Å². The molecule has 0 aromatic carbocycles. The lowest BCUT2D eigenvalue weighted by molar-refractivity contribution is -0.0261. The Labute approximate surface area is 114 Å². The lowest BCUT2D eigenvalue weighted by Gasteiger charge is -2.57. The van der Waals surface area contributed by atoms with Crippen LogP contribution >= 0.6 is 0 Å². The summed E-state index contributed by atoms with van der Waals surface area (Å²) >= 11 is 0. The predicted octanol–water partition coefficient (Wildman–Crippen LogP) is 2.84. The van der Waals surface area contributed by atoms with Gasteiger partial charge in [0.1, 0.15) is 5.76 Å². The largest absolute Gasteiger partial charge is 0.468 e. The Bertz CT molecular complexity index is 404. The molecule has 19 heavy (non-hydrogen) atoms. The fraction of sp³-hybridized carbons (Fsp3) is 0.750. The van der Waals surface area contributed by atoms with Crippen molar-refractivity contribution in [1.82, 2.24) is 5.32 Å². The van der Waals surface area contributed by atoms with Crippen LogP contribution in [-0.4, -0.2) is 12.1 Å². The van der Waals surface area contributed by atoms with E-state index in [9.17, 15) is 0 Å². The maximum absolute atomic E-state index is 5.97. The summed E-state index contributed by atoms with van der Waals surface area (Å²) in [6, 6.07) is 4.19. The second-order valence-electron chi connectivity index (χ2n) is 7.15. The average Bonchev–Trinajstić information content (AvgIpc) is 2.88. The Morgan fingerprint density at radius 3 is 2.32 bits per heavy atom. The third-order valence-corrected chi connectivity index (χ3v) is 5.64. The van der Waals surface area contributed by atoms with Gasteiger partial charge in [-0.25, -0.2) is 0 Å². The molecule has 1 aromatic rings. The fourth-order valence-corrected chi connectivity index (χ4v) is 5.39. The highest BCUT2D eigenvalue weighted by Crippen LogP contribution is 2.56. The maximum Gasteiger partial charge on any atom is 0.121 e. The molecule has 0 spiro atoms. The van der Waals surface area contributed by atoms with Gasteiger partial charge >= 0.3 is 0 Å². The highest BCUT2D eigenvalue weighted by Gasteiger charge is 2.51. The molecule has 3 nitrogen and oxygen atoms in total. The molecule has 0 radical (unpaired) electrons. The topological polar surface area (TPSA) is 51.2 Å². The molecule has 104 valence electrons. The van der Waals surface area contributed by atoms with Gasteiger partial charge in [-0.05, 0) is 68.4 Å². The Balaban J connectivity index is 1.55. The monoisotopic (exact) mass is 260 g/mol. The number of furan rings is 1. The van der Waals surface area contributed by atoms with Crippen LogP contribution < -0.4 is 11.1 Å². The van der Waals surface area contributed by atoms with Crippen molar-refractivity contribution in [3.8, 4) is 0 Å². The highest BCUT2D eigenvalue weighted by molar-refractivity contribution is 5.11. The van der Waals surface area contributed by atoms with Crippen LogP contribution in [0.1, 0.15) is 50.3 Å². The maximum atomic E-state index is 5.97. The van der Waals surface area contributed by atoms with E-state index < -0.39 is 0 Å². The van der Waals surface area contributed by atoms with Crippen LogP contribution in [-0.2, 0) is 0 Å². The van der Waals surface area contributed by atoms with Crippen molar-refractivity contribution in [2.24, 2.45) is 23.5 Å². The molecular weight excluding hydrogens is 236 g/mol. The molecule has 4 aliphatic carbocycles. The number of rotatable bonds is 4. The van der Waals surface area contributed by atoms with Gasteiger partial charge in [-0.2, -0.15) is 0 Å². The highest BCUT2D eigenvalue weighted by atomic mass is 16.3. The Morgan fingerprint density at radius 2 is 1.84 bits per heavy atom. The standard InChI is InChI=1S/C16H24N2O/c17-10-14(15-2-1-3-19-15)18-16-7-11-4-12(8-16)6-13(5-11)9-16/h1-3,11-14,18H,4-10,17H2. The first-order chi connectivity index (χ1) is 9.26. The predicted molar refractivity (Wildman–Crippen MR) is 74.5 cm³/mol. The van der Waals surface area contributed by atoms with Crippen molar-refractivity contribution in [3.05, 3.63) is 24.2 Å². The van der Waals surface area contributed by atoms with Crippen molar-refractivity contribution < 1.29 is 4.42 Å². The quantitative estimate of drug-likeness (QED) is 0.875. The normalized spacial score (nSPS) is 41.6. The molecule has 4 fully saturated rings. The van der Waals surface area contributed by atoms with E-state index in [1.54, 1.807) is 6.26 Å². The summed E-state index contributed by atoms with van der Waals surface area (Å²) in [7, 11) is 0. The number of hydrogen-bond donors (Lipinski definition) is 2. The number of nitrogens with one attached hydrogen (secondary N) is 1. The number of nitrogens with two attached hydrogens (primary N) is 1. The first-order valence-corrected chi connectivity index (χ1v) is 7.77. The van der Waals surface area contributed by atoms with Crippen LogP contribution in [0.2, 0.25) is 0 Å². The van der Waals surface area contributed by atoms with E-state index in [4.69, 9.17) is 10.2 Å². The molecule has 0 saturated heterocycles. The van der Waals surface area contributed by atoms with Crippen molar-refractivity contribution >= 4 is 0 Å². The first kappa shape index (κ1) is 12.0.